The van der Waals surface area contributed by atoms with Gasteiger partial charge in [-0.2, -0.15) is 0 Å². The monoisotopic (exact) mass is 213 g/mol. The first-order valence-corrected chi connectivity index (χ1v) is 6.02. The predicted octanol–water partition coefficient (Wildman–Crippen LogP) is 3.63. The van der Waals surface area contributed by atoms with Crippen LogP contribution < -0.4 is 0 Å². The van der Waals surface area contributed by atoms with E-state index in [1.807, 2.05) is 0 Å². The number of hydrogen-bond acceptors (Lipinski definition) is 0. The fourth-order valence-corrected chi connectivity index (χ4v) is 3.18. The van der Waals surface area contributed by atoms with Gasteiger partial charge in [0.25, 0.3) is 0 Å². The van der Waals surface area contributed by atoms with E-state index in [1.165, 1.54) is 39.0 Å². The van der Waals surface area contributed by atoms with Crippen molar-refractivity contribution in [3.8, 4) is 0 Å². The van der Waals surface area contributed by atoms with Gasteiger partial charge < -0.3 is 0 Å². The molecule has 0 N–H and O–H groups in total. The second kappa shape index (κ2) is 3.34. The van der Waals surface area contributed by atoms with Crippen LogP contribution in [0.25, 0.3) is 5.57 Å². The highest BCUT2D eigenvalue weighted by atomic mass is 28.1. The van der Waals surface area contributed by atoms with Gasteiger partial charge in [-0.1, -0.05) is 11.6 Å². The Hall–Kier alpha value is -0.823. The quantitative estimate of drug-likeness (QED) is 0.577. The molecule has 1 aromatic rings. The van der Waals surface area contributed by atoms with Gasteiger partial charge in [-0.15, -0.1) is 0 Å². The maximum absolute atomic E-state index is 3.86. The van der Waals surface area contributed by atoms with E-state index in [2.05, 4.69) is 50.9 Å². The van der Waals surface area contributed by atoms with Gasteiger partial charge in [0.05, 0.1) is 0 Å². The molecular weight excluding hydrogens is 196 g/mol. The van der Waals surface area contributed by atoms with Gasteiger partial charge in [0.2, 0.25) is 0 Å². The van der Waals surface area contributed by atoms with Crippen LogP contribution in [0.5, 0.6) is 0 Å². The normalized spacial score (nSPS) is 19.7. The molecule has 1 aliphatic rings. The van der Waals surface area contributed by atoms with Gasteiger partial charge in [-0.3, -0.25) is 0 Å². The number of hydrogen-bond donors (Lipinski definition) is 0. The predicted molar refractivity (Wildman–Crippen MR) is 67.4 cm³/mol. The summed E-state index contributed by atoms with van der Waals surface area (Å²) in [7, 11) is 3.86. The molecule has 0 nitrogen and oxygen atoms in total. The molecule has 77 valence electrons. The van der Waals surface area contributed by atoms with Crippen LogP contribution in [0.3, 0.4) is 0 Å². The summed E-state index contributed by atoms with van der Waals surface area (Å²) in [6.07, 6.45) is 0. The Balaban J connectivity index is 2.81. The Morgan fingerprint density at radius 2 is 1.60 bits per heavy atom. The molecule has 1 atom stereocenters. The van der Waals surface area contributed by atoms with Crippen molar-refractivity contribution < 1.29 is 0 Å². The Labute approximate surface area is 95.8 Å². The first-order valence-electron chi connectivity index (χ1n) is 5.44. The molecule has 15 heavy (non-hydrogen) atoms. The van der Waals surface area contributed by atoms with Crippen molar-refractivity contribution in [3.63, 3.8) is 0 Å². The van der Waals surface area contributed by atoms with Gasteiger partial charge >= 0.3 is 0 Å². The molecule has 0 amide bonds. The van der Waals surface area contributed by atoms with Crippen molar-refractivity contribution >= 4 is 15.8 Å². The van der Waals surface area contributed by atoms with Crippen LogP contribution in [0.4, 0.5) is 0 Å². The lowest BCUT2D eigenvalue weighted by Crippen LogP contribution is -2.01. The number of aryl methyl sites for hydroxylation is 2. The Bertz CT molecular complexity index is 467. The lowest BCUT2D eigenvalue weighted by Gasteiger charge is -2.15. The van der Waals surface area contributed by atoms with Gasteiger partial charge in [-0.25, -0.2) is 0 Å². The SMILES string of the molecule is CC1=C(C)C([Si])c2c(C)c(C)cc(C)c21. The van der Waals surface area contributed by atoms with E-state index in [9.17, 15) is 0 Å². The summed E-state index contributed by atoms with van der Waals surface area (Å²) in [4.78, 5) is 0. The van der Waals surface area contributed by atoms with Gasteiger partial charge in [0.15, 0.2) is 0 Å². The lowest BCUT2D eigenvalue weighted by atomic mass is 9.93. The van der Waals surface area contributed by atoms with Crippen LogP contribution in [0, 0.1) is 20.8 Å². The number of fused-ring (bicyclic) bond motifs is 1. The molecular formula is C14H17Si. The minimum Gasteiger partial charge on any atom is -0.0658 e. The molecule has 0 aromatic heterocycles. The number of rotatable bonds is 0. The molecule has 1 aliphatic carbocycles. The van der Waals surface area contributed by atoms with Crippen LogP contribution in [-0.4, -0.2) is 10.2 Å². The molecule has 0 bridgehead atoms. The molecule has 2 rings (SSSR count). The Morgan fingerprint density at radius 3 is 2.20 bits per heavy atom. The van der Waals surface area contributed by atoms with Crippen molar-refractivity contribution in [1.82, 2.24) is 0 Å². The summed E-state index contributed by atoms with van der Waals surface area (Å²) in [5, 5.41) is 0. The van der Waals surface area contributed by atoms with E-state index in [4.69, 9.17) is 0 Å². The van der Waals surface area contributed by atoms with Crippen molar-refractivity contribution in [2.75, 3.05) is 0 Å². The highest BCUT2D eigenvalue weighted by molar-refractivity contribution is 6.17. The summed E-state index contributed by atoms with van der Waals surface area (Å²) in [6.45, 7) is 11.1. The van der Waals surface area contributed by atoms with Crippen LogP contribution in [-0.2, 0) is 0 Å². The van der Waals surface area contributed by atoms with E-state index < -0.39 is 0 Å². The molecule has 3 radical (unpaired) electrons. The van der Waals surface area contributed by atoms with Crippen LogP contribution >= 0.6 is 0 Å². The third-order valence-corrected chi connectivity index (χ3v) is 4.50. The van der Waals surface area contributed by atoms with Gasteiger partial charge in [0.1, 0.15) is 0 Å². The maximum Gasteiger partial charge on any atom is 0.0392 e. The van der Waals surface area contributed by atoms with E-state index in [0.717, 1.165) is 0 Å². The lowest BCUT2D eigenvalue weighted by molar-refractivity contribution is 1.09. The zero-order valence-corrected chi connectivity index (χ0v) is 11.2. The van der Waals surface area contributed by atoms with Gasteiger partial charge in [-0.05, 0) is 73.6 Å². The number of allylic oxidation sites excluding steroid dienone is 2. The van der Waals surface area contributed by atoms with E-state index in [-0.39, 0.29) is 0 Å². The minimum atomic E-state index is 0.415. The average molecular weight is 213 g/mol. The molecule has 1 aromatic carbocycles. The fraction of sp³-hybridized carbons (Fsp3) is 0.429. The Morgan fingerprint density at radius 1 is 1.00 bits per heavy atom. The third-order valence-electron chi connectivity index (χ3n) is 3.78. The minimum absolute atomic E-state index is 0.415. The fourth-order valence-electron chi connectivity index (χ4n) is 2.61. The second-order valence-electron chi connectivity index (χ2n) is 4.67. The third kappa shape index (κ3) is 1.33. The zero-order chi connectivity index (χ0) is 11.3. The number of benzene rings is 1. The standard InChI is InChI=1S/C14H17Si/c1-7-6-8(2)12-10(4)11(5)14(15)13(12)9(7)3/h6,14H,1-5H3. The summed E-state index contributed by atoms with van der Waals surface area (Å²) < 4.78 is 0. The molecule has 0 spiro atoms. The van der Waals surface area contributed by atoms with Crippen LogP contribution in [0.2, 0.25) is 0 Å². The first kappa shape index (κ1) is 10.7. The second-order valence-corrected chi connectivity index (χ2v) is 5.24. The largest absolute Gasteiger partial charge is 0.0658 e. The first-order chi connectivity index (χ1) is 6.95. The summed E-state index contributed by atoms with van der Waals surface area (Å²) >= 11 is 0. The average Bonchev–Trinajstić information content (AvgIpc) is 2.40. The smallest absolute Gasteiger partial charge is 0.0392 e. The summed E-state index contributed by atoms with van der Waals surface area (Å²) in [6, 6.07) is 2.30. The van der Waals surface area contributed by atoms with Crippen LogP contribution in [0.1, 0.15) is 47.2 Å². The summed E-state index contributed by atoms with van der Waals surface area (Å²) in [5.74, 6) is 0. The molecule has 0 heterocycles. The molecule has 0 aliphatic heterocycles. The molecule has 0 saturated carbocycles. The van der Waals surface area contributed by atoms with Crippen molar-refractivity contribution in [3.05, 3.63) is 39.5 Å². The van der Waals surface area contributed by atoms with Crippen molar-refractivity contribution in [2.45, 2.75) is 40.2 Å². The van der Waals surface area contributed by atoms with Crippen LogP contribution in [0.15, 0.2) is 11.6 Å². The highest BCUT2D eigenvalue weighted by Gasteiger charge is 2.26. The van der Waals surface area contributed by atoms with Crippen molar-refractivity contribution in [1.29, 1.82) is 0 Å². The molecule has 1 unspecified atom stereocenters. The van der Waals surface area contributed by atoms with Gasteiger partial charge in [0, 0.05) is 10.2 Å². The molecule has 0 saturated heterocycles. The van der Waals surface area contributed by atoms with E-state index >= 15 is 0 Å². The maximum atomic E-state index is 3.86. The Kier molecular flexibility index (Phi) is 2.38. The van der Waals surface area contributed by atoms with E-state index in [0.29, 0.717) is 5.54 Å². The zero-order valence-electron chi connectivity index (χ0n) is 10.2. The molecule has 1 heteroatoms. The summed E-state index contributed by atoms with van der Waals surface area (Å²) in [5.41, 5.74) is 10.5. The van der Waals surface area contributed by atoms with Crippen molar-refractivity contribution in [2.24, 2.45) is 0 Å². The topological polar surface area (TPSA) is 0 Å². The molecule has 0 fully saturated rings. The highest BCUT2D eigenvalue weighted by Crippen LogP contribution is 2.43. The van der Waals surface area contributed by atoms with E-state index in [1.54, 1.807) is 0 Å².